The van der Waals surface area contributed by atoms with E-state index < -0.39 is 15.9 Å². The number of hydrogen-bond donors (Lipinski definition) is 1. The average Bonchev–Trinajstić information content (AvgIpc) is 2.93. The minimum Gasteiger partial charge on any atom is -0.268 e. The Kier molecular flexibility index (Phi) is 4.97. The van der Waals surface area contributed by atoms with Crippen LogP contribution in [0.4, 0.5) is 0 Å². The number of aryl methyl sites for hydroxylation is 2. The minimum atomic E-state index is -3.99. The van der Waals surface area contributed by atoms with E-state index in [0.717, 1.165) is 11.4 Å². The number of carbonyl (C=O) groups excluding carboxylic acids is 1. The fourth-order valence-corrected chi connectivity index (χ4v) is 4.55. The number of carbonyl (C=O) groups is 1. The molecule has 0 aliphatic carbocycles. The molecule has 26 heavy (non-hydrogen) atoms. The third-order valence-corrected chi connectivity index (χ3v) is 6.06. The maximum absolute atomic E-state index is 12.5. The SMILES string of the molecule is Cc1cc(C)n(-c2cccc(C(=O)NS(=O)(=O)c3ccccc3Br)c2)n1. The van der Waals surface area contributed by atoms with Crippen LogP contribution >= 0.6 is 15.9 Å². The van der Waals surface area contributed by atoms with Crippen molar-refractivity contribution in [2.75, 3.05) is 0 Å². The Morgan fingerprint density at radius 2 is 1.81 bits per heavy atom. The zero-order chi connectivity index (χ0) is 18.9. The molecular weight excluding hydrogens is 418 g/mol. The van der Waals surface area contributed by atoms with Crippen molar-refractivity contribution in [3.63, 3.8) is 0 Å². The molecule has 0 atom stereocenters. The van der Waals surface area contributed by atoms with Crippen molar-refractivity contribution in [3.8, 4) is 5.69 Å². The normalized spacial score (nSPS) is 11.3. The first-order valence-electron chi connectivity index (χ1n) is 7.73. The maximum atomic E-state index is 12.5. The van der Waals surface area contributed by atoms with E-state index in [2.05, 4.69) is 25.8 Å². The van der Waals surface area contributed by atoms with Crippen LogP contribution in [0, 0.1) is 13.8 Å². The van der Waals surface area contributed by atoms with Gasteiger partial charge in [0.15, 0.2) is 0 Å². The van der Waals surface area contributed by atoms with Gasteiger partial charge in [0, 0.05) is 15.7 Å². The Balaban J connectivity index is 1.90. The summed E-state index contributed by atoms with van der Waals surface area (Å²) in [4.78, 5) is 12.5. The van der Waals surface area contributed by atoms with Crippen LogP contribution in [0.3, 0.4) is 0 Å². The monoisotopic (exact) mass is 433 g/mol. The topological polar surface area (TPSA) is 81.1 Å². The van der Waals surface area contributed by atoms with E-state index in [0.29, 0.717) is 10.2 Å². The number of aromatic nitrogens is 2. The Morgan fingerprint density at radius 3 is 2.46 bits per heavy atom. The van der Waals surface area contributed by atoms with Crippen LogP contribution in [0.5, 0.6) is 0 Å². The fourth-order valence-electron chi connectivity index (χ4n) is 2.57. The summed E-state index contributed by atoms with van der Waals surface area (Å²) in [5.74, 6) is -0.705. The lowest BCUT2D eigenvalue weighted by atomic mass is 10.2. The van der Waals surface area contributed by atoms with E-state index in [9.17, 15) is 13.2 Å². The number of nitrogens with one attached hydrogen (secondary N) is 1. The van der Waals surface area contributed by atoms with Crippen LogP contribution in [-0.4, -0.2) is 24.1 Å². The number of amides is 1. The van der Waals surface area contributed by atoms with E-state index in [1.54, 1.807) is 47.1 Å². The highest BCUT2D eigenvalue weighted by molar-refractivity contribution is 9.10. The highest BCUT2D eigenvalue weighted by atomic mass is 79.9. The van der Waals surface area contributed by atoms with Crippen LogP contribution in [-0.2, 0) is 10.0 Å². The van der Waals surface area contributed by atoms with Gasteiger partial charge in [-0.25, -0.2) is 17.8 Å². The predicted octanol–water partition coefficient (Wildman–Crippen LogP) is 3.37. The Hall–Kier alpha value is -2.45. The highest BCUT2D eigenvalue weighted by Crippen LogP contribution is 2.21. The molecule has 6 nitrogen and oxygen atoms in total. The molecule has 0 aliphatic rings. The van der Waals surface area contributed by atoms with Gasteiger partial charge in [0.05, 0.1) is 11.4 Å². The molecule has 0 spiro atoms. The Morgan fingerprint density at radius 1 is 1.08 bits per heavy atom. The van der Waals surface area contributed by atoms with Crippen LogP contribution in [0.15, 0.2) is 64.0 Å². The largest absolute Gasteiger partial charge is 0.268 e. The molecule has 3 rings (SSSR count). The zero-order valence-corrected chi connectivity index (χ0v) is 16.5. The molecule has 0 aliphatic heterocycles. The van der Waals surface area contributed by atoms with Crippen LogP contribution in [0.25, 0.3) is 5.69 Å². The molecule has 1 heterocycles. The van der Waals surface area contributed by atoms with Crippen LogP contribution in [0.2, 0.25) is 0 Å². The molecule has 1 aromatic heterocycles. The lowest BCUT2D eigenvalue weighted by Gasteiger charge is -2.10. The lowest BCUT2D eigenvalue weighted by Crippen LogP contribution is -2.30. The van der Waals surface area contributed by atoms with Gasteiger partial charge < -0.3 is 0 Å². The molecule has 0 radical (unpaired) electrons. The summed E-state index contributed by atoms with van der Waals surface area (Å²) in [6, 6.07) is 14.9. The van der Waals surface area contributed by atoms with E-state index in [1.165, 1.54) is 6.07 Å². The van der Waals surface area contributed by atoms with E-state index in [-0.39, 0.29) is 10.5 Å². The molecule has 0 saturated carbocycles. The maximum Gasteiger partial charge on any atom is 0.265 e. The summed E-state index contributed by atoms with van der Waals surface area (Å²) in [6.07, 6.45) is 0. The van der Waals surface area contributed by atoms with Crippen molar-refractivity contribution in [1.29, 1.82) is 0 Å². The number of benzene rings is 2. The highest BCUT2D eigenvalue weighted by Gasteiger charge is 2.21. The molecule has 8 heteroatoms. The Bertz CT molecular complexity index is 1090. The average molecular weight is 434 g/mol. The second-order valence-corrected chi connectivity index (χ2v) is 8.26. The van der Waals surface area contributed by atoms with Crippen LogP contribution < -0.4 is 4.72 Å². The minimum absolute atomic E-state index is 0.00282. The summed E-state index contributed by atoms with van der Waals surface area (Å²) in [6.45, 7) is 3.79. The van der Waals surface area contributed by atoms with E-state index in [1.807, 2.05) is 19.9 Å². The molecule has 0 fully saturated rings. The van der Waals surface area contributed by atoms with Gasteiger partial charge >= 0.3 is 0 Å². The van der Waals surface area contributed by atoms with Gasteiger partial charge in [0.25, 0.3) is 15.9 Å². The van der Waals surface area contributed by atoms with Crippen molar-refractivity contribution in [1.82, 2.24) is 14.5 Å². The zero-order valence-electron chi connectivity index (χ0n) is 14.1. The smallest absolute Gasteiger partial charge is 0.265 e. The van der Waals surface area contributed by atoms with Gasteiger partial charge in [-0.05, 0) is 66.2 Å². The van der Waals surface area contributed by atoms with Gasteiger partial charge in [0.2, 0.25) is 0 Å². The molecule has 1 amide bonds. The first-order valence-corrected chi connectivity index (χ1v) is 10.0. The first-order chi connectivity index (χ1) is 12.3. The summed E-state index contributed by atoms with van der Waals surface area (Å²) in [7, 11) is -3.99. The van der Waals surface area contributed by atoms with Crippen molar-refractivity contribution < 1.29 is 13.2 Å². The predicted molar refractivity (Wildman–Crippen MR) is 102 cm³/mol. The lowest BCUT2D eigenvalue weighted by molar-refractivity contribution is 0.0981. The van der Waals surface area contributed by atoms with E-state index in [4.69, 9.17) is 0 Å². The van der Waals surface area contributed by atoms with Crippen molar-refractivity contribution in [2.24, 2.45) is 0 Å². The molecule has 1 N–H and O–H groups in total. The summed E-state index contributed by atoms with van der Waals surface area (Å²) in [5, 5.41) is 4.38. The second kappa shape index (κ2) is 7.05. The third kappa shape index (κ3) is 3.71. The van der Waals surface area contributed by atoms with Crippen molar-refractivity contribution in [3.05, 3.63) is 76.0 Å². The molecule has 0 bridgehead atoms. The van der Waals surface area contributed by atoms with Crippen molar-refractivity contribution in [2.45, 2.75) is 18.7 Å². The molecule has 134 valence electrons. The standard InChI is InChI=1S/C18H16BrN3O3S/c1-12-10-13(2)22(20-12)15-7-5-6-14(11-15)18(23)21-26(24,25)17-9-4-3-8-16(17)19/h3-11H,1-2H3,(H,21,23). The molecule has 0 saturated heterocycles. The number of rotatable bonds is 4. The van der Waals surface area contributed by atoms with Crippen molar-refractivity contribution >= 4 is 31.9 Å². The van der Waals surface area contributed by atoms with Gasteiger partial charge in [-0.1, -0.05) is 18.2 Å². The fraction of sp³-hybridized carbons (Fsp3) is 0.111. The number of halogens is 1. The number of sulfonamides is 1. The second-order valence-electron chi connectivity index (χ2n) is 5.75. The molecule has 2 aromatic carbocycles. The van der Waals surface area contributed by atoms with Gasteiger partial charge in [-0.3, -0.25) is 4.79 Å². The number of hydrogen-bond acceptors (Lipinski definition) is 4. The quantitative estimate of drug-likeness (QED) is 0.683. The van der Waals surface area contributed by atoms with Gasteiger partial charge in [-0.2, -0.15) is 5.10 Å². The van der Waals surface area contributed by atoms with Crippen LogP contribution in [0.1, 0.15) is 21.7 Å². The summed E-state index contributed by atoms with van der Waals surface area (Å²) in [5.41, 5.74) is 2.68. The first kappa shape index (κ1) is 18.3. The van der Waals surface area contributed by atoms with Gasteiger partial charge in [-0.15, -0.1) is 0 Å². The summed E-state index contributed by atoms with van der Waals surface area (Å²) >= 11 is 3.19. The molecular formula is C18H16BrN3O3S. The third-order valence-electron chi connectivity index (χ3n) is 3.72. The Labute approximate surface area is 160 Å². The van der Waals surface area contributed by atoms with Gasteiger partial charge in [0.1, 0.15) is 4.90 Å². The van der Waals surface area contributed by atoms with E-state index >= 15 is 0 Å². The molecule has 3 aromatic rings. The molecule has 0 unspecified atom stereocenters. The summed E-state index contributed by atoms with van der Waals surface area (Å²) < 4.78 is 29.1. The number of nitrogens with zero attached hydrogens (tertiary/aromatic N) is 2.